The molecule has 0 saturated heterocycles. The van der Waals surface area contributed by atoms with Crippen LogP contribution in [-0.4, -0.2) is 31.1 Å². The summed E-state index contributed by atoms with van der Waals surface area (Å²) in [5.74, 6) is -0.940. The molecule has 0 unspecified atom stereocenters. The molecule has 5 aromatic rings. The summed E-state index contributed by atoms with van der Waals surface area (Å²) >= 11 is 1.39. The fraction of sp³-hybridized carbons (Fsp3) is 0.0800. The highest BCUT2D eigenvalue weighted by molar-refractivity contribution is 7.16. The number of nitrogens with zero attached hydrogens (tertiary/aromatic N) is 4. The SMILES string of the molecule is O=C(CCn1cnc2sccc2c1=O)NNC(=O)c1cn(-c2ccccc2)nc1-c1ccccc1. The van der Waals surface area contributed by atoms with Gasteiger partial charge < -0.3 is 0 Å². The number of nitrogens with one attached hydrogen (secondary N) is 2. The fourth-order valence-electron chi connectivity index (χ4n) is 3.59. The van der Waals surface area contributed by atoms with E-state index in [1.54, 1.807) is 22.3 Å². The molecule has 2 amide bonds. The van der Waals surface area contributed by atoms with Gasteiger partial charge in [0, 0.05) is 24.7 Å². The number of carbonyl (C=O) groups is 2. The summed E-state index contributed by atoms with van der Waals surface area (Å²) in [6.45, 7) is 0.139. The number of para-hydroxylation sites is 1. The van der Waals surface area contributed by atoms with Crippen molar-refractivity contribution in [2.75, 3.05) is 0 Å². The highest BCUT2D eigenvalue weighted by Gasteiger charge is 2.19. The van der Waals surface area contributed by atoms with E-state index >= 15 is 0 Å². The maximum Gasteiger partial charge on any atom is 0.273 e. The van der Waals surface area contributed by atoms with Crippen molar-refractivity contribution in [2.24, 2.45) is 0 Å². The molecule has 174 valence electrons. The predicted octanol–water partition coefficient (Wildman–Crippen LogP) is 3.16. The lowest BCUT2D eigenvalue weighted by atomic mass is 10.1. The third-order valence-corrected chi connectivity index (χ3v) is 6.19. The largest absolute Gasteiger partial charge is 0.298 e. The molecule has 3 aromatic heterocycles. The van der Waals surface area contributed by atoms with E-state index < -0.39 is 11.8 Å². The Labute approximate surface area is 203 Å². The molecule has 0 aliphatic carbocycles. The van der Waals surface area contributed by atoms with Crippen LogP contribution in [0.2, 0.25) is 0 Å². The van der Waals surface area contributed by atoms with Crippen LogP contribution >= 0.6 is 11.3 Å². The third kappa shape index (κ3) is 4.73. The molecule has 10 heteroatoms. The van der Waals surface area contributed by atoms with Crippen LogP contribution in [0.1, 0.15) is 16.8 Å². The molecule has 0 fully saturated rings. The average Bonchev–Trinajstić information content (AvgIpc) is 3.56. The summed E-state index contributed by atoms with van der Waals surface area (Å²) in [7, 11) is 0. The smallest absolute Gasteiger partial charge is 0.273 e. The Morgan fingerprint density at radius 1 is 0.943 bits per heavy atom. The number of hydrazine groups is 1. The van der Waals surface area contributed by atoms with E-state index in [-0.39, 0.29) is 18.5 Å². The van der Waals surface area contributed by atoms with Gasteiger partial charge in [-0.1, -0.05) is 48.5 Å². The minimum Gasteiger partial charge on any atom is -0.298 e. The van der Waals surface area contributed by atoms with E-state index in [0.717, 1.165) is 11.3 Å². The van der Waals surface area contributed by atoms with Gasteiger partial charge in [0.2, 0.25) is 5.91 Å². The van der Waals surface area contributed by atoms with Crippen molar-refractivity contribution >= 4 is 33.4 Å². The van der Waals surface area contributed by atoms with Crippen LogP contribution in [-0.2, 0) is 11.3 Å². The molecule has 0 atom stereocenters. The van der Waals surface area contributed by atoms with Crippen LogP contribution in [0.25, 0.3) is 27.2 Å². The summed E-state index contributed by atoms with van der Waals surface area (Å²) in [6, 6.07) is 20.5. The molecule has 2 N–H and O–H groups in total. The molecule has 9 nitrogen and oxygen atoms in total. The van der Waals surface area contributed by atoms with Gasteiger partial charge in [0.05, 0.1) is 23.0 Å². The summed E-state index contributed by atoms with van der Waals surface area (Å²) in [6.07, 6.45) is 3.05. The van der Waals surface area contributed by atoms with Gasteiger partial charge in [0.1, 0.15) is 10.5 Å². The molecule has 0 radical (unpaired) electrons. The summed E-state index contributed by atoms with van der Waals surface area (Å²) in [5.41, 5.74) is 7.05. The van der Waals surface area contributed by atoms with Gasteiger partial charge in [-0.2, -0.15) is 5.10 Å². The zero-order valence-corrected chi connectivity index (χ0v) is 19.2. The van der Waals surface area contributed by atoms with Gasteiger partial charge in [-0.15, -0.1) is 11.3 Å². The van der Waals surface area contributed by atoms with E-state index in [9.17, 15) is 14.4 Å². The van der Waals surface area contributed by atoms with Crippen molar-refractivity contribution in [1.82, 2.24) is 30.2 Å². The van der Waals surface area contributed by atoms with Gasteiger partial charge >= 0.3 is 0 Å². The second-order valence-corrected chi connectivity index (χ2v) is 8.57. The van der Waals surface area contributed by atoms with E-state index in [1.165, 1.54) is 22.2 Å². The summed E-state index contributed by atoms with van der Waals surface area (Å²) in [5, 5.41) is 6.93. The molecule has 3 heterocycles. The normalized spacial score (nSPS) is 10.9. The Morgan fingerprint density at radius 2 is 1.69 bits per heavy atom. The lowest BCUT2D eigenvalue weighted by Crippen LogP contribution is -2.42. The number of aromatic nitrogens is 4. The first-order valence-corrected chi connectivity index (χ1v) is 11.7. The Balaban J connectivity index is 1.29. The van der Waals surface area contributed by atoms with Crippen molar-refractivity contribution in [3.05, 3.63) is 101 Å². The molecular weight excluding hydrogens is 464 g/mol. The minimum atomic E-state index is -0.502. The van der Waals surface area contributed by atoms with Crippen molar-refractivity contribution < 1.29 is 9.59 Å². The summed E-state index contributed by atoms with van der Waals surface area (Å²) < 4.78 is 3.01. The van der Waals surface area contributed by atoms with Gasteiger partial charge in [-0.3, -0.25) is 29.8 Å². The maximum absolute atomic E-state index is 13.0. The van der Waals surface area contributed by atoms with Crippen molar-refractivity contribution in [3.63, 3.8) is 0 Å². The second-order valence-electron chi connectivity index (χ2n) is 7.67. The minimum absolute atomic E-state index is 0.00761. The number of rotatable bonds is 6. The second kappa shape index (κ2) is 9.74. The quantitative estimate of drug-likeness (QED) is 0.360. The molecule has 0 aliphatic rings. The number of thiophene rings is 1. The van der Waals surface area contributed by atoms with Gasteiger partial charge in [-0.05, 0) is 23.6 Å². The van der Waals surface area contributed by atoms with E-state index in [2.05, 4.69) is 20.9 Å². The number of fused-ring (bicyclic) bond motifs is 1. The highest BCUT2D eigenvalue weighted by atomic mass is 32.1. The number of aryl methyl sites for hydroxylation is 1. The van der Waals surface area contributed by atoms with Crippen LogP contribution in [0.5, 0.6) is 0 Å². The first-order valence-electron chi connectivity index (χ1n) is 10.8. The monoisotopic (exact) mass is 484 g/mol. The lowest BCUT2D eigenvalue weighted by Gasteiger charge is -2.08. The molecule has 0 aliphatic heterocycles. The number of hydrogen-bond donors (Lipinski definition) is 2. The van der Waals surface area contributed by atoms with Crippen molar-refractivity contribution in [1.29, 1.82) is 0 Å². The van der Waals surface area contributed by atoms with E-state index in [0.29, 0.717) is 21.5 Å². The van der Waals surface area contributed by atoms with Crippen molar-refractivity contribution in [2.45, 2.75) is 13.0 Å². The molecule has 0 spiro atoms. The van der Waals surface area contributed by atoms with Crippen LogP contribution < -0.4 is 16.4 Å². The zero-order chi connectivity index (χ0) is 24.2. The average molecular weight is 485 g/mol. The van der Waals surface area contributed by atoms with E-state index in [4.69, 9.17) is 0 Å². The molecule has 35 heavy (non-hydrogen) atoms. The Morgan fingerprint density at radius 3 is 2.46 bits per heavy atom. The molecule has 0 bridgehead atoms. The predicted molar refractivity (Wildman–Crippen MR) is 133 cm³/mol. The highest BCUT2D eigenvalue weighted by Crippen LogP contribution is 2.23. The number of carbonyl (C=O) groups excluding carboxylic acids is 2. The van der Waals surface area contributed by atoms with Gasteiger partial charge in [0.25, 0.3) is 11.5 Å². The van der Waals surface area contributed by atoms with Gasteiger partial charge in [-0.25, -0.2) is 9.67 Å². The Bertz CT molecular complexity index is 1560. The standard InChI is InChI=1S/C25H20N6O3S/c32-21(11-13-30-16-26-24-19(25(30)34)12-14-35-24)27-28-23(33)20-15-31(18-9-5-2-6-10-18)29-22(20)17-7-3-1-4-8-17/h1-10,12,14-16H,11,13H2,(H,27,32)(H,28,33). The van der Waals surface area contributed by atoms with Crippen LogP contribution in [0.4, 0.5) is 0 Å². The molecule has 0 saturated carbocycles. The Kier molecular flexibility index (Phi) is 6.18. The lowest BCUT2D eigenvalue weighted by molar-refractivity contribution is -0.122. The van der Waals surface area contributed by atoms with Crippen LogP contribution in [0, 0.1) is 0 Å². The number of amides is 2. The number of hydrogen-bond acceptors (Lipinski definition) is 6. The maximum atomic E-state index is 13.0. The molecule has 5 rings (SSSR count). The first kappa shape index (κ1) is 22.2. The number of benzene rings is 2. The molecular formula is C25H20N6O3S. The van der Waals surface area contributed by atoms with Crippen molar-refractivity contribution in [3.8, 4) is 16.9 Å². The third-order valence-electron chi connectivity index (χ3n) is 5.37. The molecule has 2 aromatic carbocycles. The fourth-order valence-corrected chi connectivity index (χ4v) is 4.32. The van der Waals surface area contributed by atoms with Crippen LogP contribution in [0.15, 0.2) is 89.4 Å². The topological polar surface area (TPSA) is 111 Å². The zero-order valence-electron chi connectivity index (χ0n) is 18.4. The Hall–Kier alpha value is -4.57. The van der Waals surface area contributed by atoms with E-state index in [1.807, 2.05) is 60.7 Å². The van der Waals surface area contributed by atoms with Crippen LogP contribution in [0.3, 0.4) is 0 Å². The van der Waals surface area contributed by atoms with Gasteiger partial charge in [0.15, 0.2) is 0 Å². The first-order chi connectivity index (χ1) is 17.1. The summed E-state index contributed by atoms with van der Waals surface area (Å²) in [4.78, 5) is 42.7.